The van der Waals surface area contributed by atoms with E-state index in [1.807, 2.05) is 0 Å². The fourth-order valence-corrected chi connectivity index (χ4v) is 4.76. The van der Waals surface area contributed by atoms with Crippen LogP contribution in [0.3, 0.4) is 0 Å². The Morgan fingerprint density at radius 3 is 1.47 bits per heavy atom. The van der Waals surface area contributed by atoms with Crippen LogP contribution < -0.4 is 5.32 Å². The molecule has 4 aromatic carbocycles. The third-order valence-electron chi connectivity index (χ3n) is 6.46. The zero-order valence-corrected chi connectivity index (χ0v) is 19.2. The van der Waals surface area contributed by atoms with Crippen molar-refractivity contribution < 1.29 is 19.2 Å². The van der Waals surface area contributed by atoms with Crippen LogP contribution in [0.1, 0.15) is 70.6 Å². The molecule has 0 aliphatic heterocycles. The molecule has 6 rings (SSSR count). The minimum absolute atomic E-state index is 0.174. The number of anilines is 1. The standard InChI is InChI=1S/C30H18N2O4/c1-16(31-17-10-12-23-25(14-17)29(35)21-8-4-2-6-19(21)27(23)33)32-18-11-13-24-26(15-18)30(36)22-9-5-3-7-20(22)28(24)34/h2-15H,1H3,(H,31,32). The molecule has 1 N–H and O–H groups in total. The highest BCUT2D eigenvalue weighted by atomic mass is 16.1. The Kier molecular flexibility index (Phi) is 4.83. The van der Waals surface area contributed by atoms with Gasteiger partial charge in [-0.2, -0.15) is 0 Å². The molecule has 4 aromatic rings. The summed E-state index contributed by atoms with van der Waals surface area (Å²) in [4.78, 5) is 56.2. The predicted octanol–water partition coefficient (Wildman–Crippen LogP) is 5.40. The number of ketones is 4. The molecule has 6 nitrogen and oxygen atoms in total. The molecule has 0 bridgehead atoms. The number of aliphatic imine (C=N–C) groups is 1. The van der Waals surface area contributed by atoms with Crippen LogP contribution in [0.5, 0.6) is 0 Å². The van der Waals surface area contributed by atoms with Crippen LogP contribution in [-0.4, -0.2) is 29.0 Å². The van der Waals surface area contributed by atoms with Crippen molar-refractivity contribution in [1.82, 2.24) is 0 Å². The van der Waals surface area contributed by atoms with Crippen LogP contribution in [0.2, 0.25) is 0 Å². The first-order chi connectivity index (χ1) is 17.4. The van der Waals surface area contributed by atoms with Gasteiger partial charge in [-0.3, -0.25) is 19.2 Å². The summed E-state index contributed by atoms with van der Waals surface area (Å²) < 4.78 is 0. The molecule has 0 saturated carbocycles. The first-order valence-electron chi connectivity index (χ1n) is 11.4. The zero-order chi connectivity index (χ0) is 25.0. The number of carbonyl (C=O) groups excluding carboxylic acids is 4. The van der Waals surface area contributed by atoms with E-state index < -0.39 is 0 Å². The Morgan fingerprint density at radius 1 is 0.528 bits per heavy atom. The smallest absolute Gasteiger partial charge is 0.194 e. The van der Waals surface area contributed by atoms with Crippen molar-refractivity contribution in [2.45, 2.75) is 6.92 Å². The van der Waals surface area contributed by atoms with E-state index in [4.69, 9.17) is 0 Å². The van der Waals surface area contributed by atoms with Crippen molar-refractivity contribution in [3.8, 4) is 0 Å². The van der Waals surface area contributed by atoms with Gasteiger partial charge in [0.05, 0.1) is 5.69 Å². The molecular weight excluding hydrogens is 452 g/mol. The average molecular weight is 470 g/mol. The maximum Gasteiger partial charge on any atom is 0.194 e. The first-order valence-corrected chi connectivity index (χ1v) is 11.4. The van der Waals surface area contributed by atoms with Gasteiger partial charge in [0.15, 0.2) is 23.1 Å². The maximum atomic E-state index is 13.0. The number of amidine groups is 1. The molecule has 0 saturated heterocycles. The van der Waals surface area contributed by atoms with Crippen molar-refractivity contribution in [2.75, 3.05) is 5.32 Å². The minimum Gasteiger partial charge on any atom is -0.344 e. The number of fused-ring (bicyclic) bond motifs is 4. The van der Waals surface area contributed by atoms with Gasteiger partial charge < -0.3 is 5.32 Å². The molecule has 0 fully saturated rings. The van der Waals surface area contributed by atoms with Crippen LogP contribution in [0.25, 0.3) is 0 Å². The molecule has 2 aliphatic rings. The van der Waals surface area contributed by atoms with Gasteiger partial charge in [0.25, 0.3) is 0 Å². The Bertz CT molecular complexity index is 1700. The lowest BCUT2D eigenvalue weighted by atomic mass is 9.84. The van der Waals surface area contributed by atoms with E-state index in [9.17, 15) is 19.2 Å². The summed E-state index contributed by atoms with van der Waals surface area (Å²) in [5.74, 6) is -0.245. The van der Waals surface area contributed by atoms with Gasteiger partial charge in [-0.25, -0.2) is 4.99 Å². The van der Waals surface area contributed by atoms with E-state index in [0.29, 0.717) is 61.7 Å². The Morgan fingerprint density at radius 2 is 0.944 bits per heavy atom. The van der Waals surface area contributed by atoms with Gasteiger partial charge in [-0.15, -0.1) is 0 Å². The average Bonchev–Trinajstić information content (AvgIpc) is 2.90. The van der Waals surface area contributed by atoms with Crippen molar-refractivity contribution in [1.29, 1.82) is 0 Å². The van der Waals surface area contributed by atoms with Crippen LogP contribution in [0.15, 0.2) is 89.9 Å². The van der Waals surface area contributed by atoms with Crippen LogP contribution in [0.4, 0.5) is 11.4 Å². The number of nitrogens with one attached hydrogen (secondary N) is 1. The molecule has 0 aromatic heterocycles. The SMILES string of the molecule is CC(=Nc1ccc2c(c1)C(=O)c1ccccc1C2=O)Nc1ccc2c(c1)C(=O)c1ccccc1C2=O. The van der Waals surface area contributed by atoms with Crippen LogP contribution in [0, 0.1) is 0 Å². The van der Waals surface area contributed by atoms with Gasteiger partial charge in [0, 0.05) is 50.2 Å². The summed E-state index contributed by atoms with van der Waals surface area (Å²) in [5, 5.41) is 3.15. The molecule has 0 radical (unpaired) electrons. The minimum atomic E-state index is -0.207. The summed E-state index contributed by atoms with van der Waals surface area (Å²) in [6.07, 6.45) is 0. The third kappa shape index (κ3) is 3.31. The van der Waals surface area contributed by atoms with E-state index in [0.717, 1.165) is 0 Å². The summed E-state index contributed by atoms with van der Waals surface area (Å²) in [5.41, 5.74) is 4.12. The molecule has 6 heteroatoms. The number of carbonyl (C=O) groups is 4. The highest BCUT2D eigenvalue weighted by molar-refractivity contribution is 6.29. The predicted molar refractivity (Wildman–Crippen MR) is 136 cm³/mol. The maximum absolute atomic E-state index is 13.0. The fourth-order valence-electron chi connectivity index (χ4n) is 4.76. The molecule has 0 heterocycles. The van der Waals surface area contributed by atoms with Crippen molar-refractivity contribution in [3.63, 3.8) is 0 Å². The van der Waals surface area contributed by atoms with Crippen molar-refractivity contribution >= 4 is 40.3 Å². The lowest BCUT2D eigenvalue weighted by Crippen LogP contribution is -2.21. The summed E-state index contributed by atoms with van der Waals surface area (Å²) in [6, 6.07) is 23.5. The van der Waals surface area contributed by atoms with Crippen molar-refractivity contribution in [2.24, 2.45) is 4.99 Å². The Labute approximate surface area is 206 Å². The number of nitrogens with zero attached hydrogens (tertiary/aromatic N) is 1. The largest absolute Gasteiger partial charge is 0.344 e. The third-order valence-corrected chi connectivity index (χ3v) is 6.46. The van der Waals surface area contributed by atoms with E-state index >= 15 is 0 Å². The van der Waals surface area contributed by atoms with Gasteiger partial charge >= 0.3 is 0 Å². The molecular formula is C30H18N2O4. The summed E-state index contributed by atoms with van der Waals surface area (Å²) in [6.45, 7) is 1.75. The van der Waals surface area contributed by atoms with Gasteiger partial charge in [-0.05, 0) is 43.3 Å². The highest BCUT2D eigenvalue weighted by Crippen LogP contribution is 2.31. The van der Waals surface area contributed by atoms with E-state index in [1.54, 1.807) is 91.9 Å². The molecule has 36 heavy (non-hydrogen) atoms. The molecule has 172 valence electrons. The van der Waals surface area contributed by atoms with E-state index in [2.05, 4.69) is 10.3 Å². The topological polar surface area (TPSA) is 92.7 Å². The molecule has 0 atom stereocenters. The number of benzene rings is 4. The Balaban J connectivity index is 1.29. The lowest BCUT2D eigenvalue weighted by Gasteiger charge is -2.18. The highest BCUT2D eigenvalue weighted by Gasteiger charge is 2.30. The molecule has 0 amide bonds. The molecule has 2 aliphatic carbocycles. The number of rotatable bonds is 2. The Hall–Kier alpha value is -4.97. The van der Waals surface area contributed by atoms with Crippen molar-refractivity contribution in [3.05, 3.63) is 129 Å². The fraction of sp³-hybridized carbons (Fsp3) is 0.0333. The normalized spacial score (nSPS) is 14.1. The summed E-state index contributed by atoms with van der Waals surface area (Å²) >= 11 is 0. The second kappa shape index (κ2) is 8.06. The first kappa shape index (κ1) is 21.6. The second-order valence-electron chi connectivity index (χ2n) is 8.72. The second-order valence-corrected chi connectivity index (χ2v) is 8.72. The van der Waals surface area contributed by atoms with Crippen LogP contribution >= 0.6 is 0 Å². The molecule has 0 unspecified atom stereocenters. The van der Waals surface area contributed by atoms with E-state index in [1.165, 1.54) is 0 Å². The summed E-state index contributed by atoms with van der Waals surface area (Å²) in [7, 11) is 0. The quantitative estimate of drug-likeness (QED) is 0.270. The van der Waals surface area contributed by atoms with Gasteiger partial charge in [-0.1, -0.05) is 48.5 Å². The number of hydrogen-bond donors (Lipinski definition) is 1. The zero-order valence-electron chi connectivity index (χ0n) is 19.2. The van der Waals surface area contributed by atoms with E-state index in [-0.39, 0.29) is 23.1 Å². The van der Waals surface area contributed by atoms with Crippen LogP contribution in [-0.2, 0) is 0 Å². The van der Waals surface area contributed by atoms with Gasteiger partial charge in [0.2, 0.25) is 0 Å². The number of hydrogen-bond acceptors (Lipinski definition) is 5. The van der Waals surface area contributed by atoms with Gasteiger partial charge in [0.1, 0.15) is 5.84 Å². The monoisotopic (exact) mass is 470 g/mol. The molecule has 0 spiro atoms. The lowest BCUT2D eigenvalue weighted by molar-refractivity contribution is 0.0979.